The van der Waals surface area contributed by atoms with Gasteiger partial charge in [-0.15, -0.1) is 0 Å². The van der Waals surface area contributed by atoms with Gasteiger partial charge in [0.1, 0.15) is 0 Å². The number of pyridine rings is 1. The summed E-state index contributed by atoms with van der Waals surface area (Å²) in [5, 5.41) is 0.910. The van der Waals surface area contributed by atoms with Gasteiger partial charge in [-0.3, -0.25) is 4.98 Å². The van der Waals surface area contributed by atoms with Crippen LogP contribution in [-0.4, -0.2) is 4.98 Å². The van der Waals surface area contributed by atoms with E-state index in [0.29, 0.717) is 17.3 Å². The van der Waals surface area contributed by atoms with E-state index in [-0.39, 0.29) is 0 Å². The van der Waals surface area contributed by atoms with Crippen LogP contribution < -0.4 is 11.5 Å². The average molecular weight is 356 g/mol. The molecule has 22 heavy (non-hydrogen) atoms. The number of aromatic nitrogens is 1. The van der Waals surface area contributed by atoms with Crippen LogP contribution in [0.2, 0.25) is 0 Å². The molecule has 4 heteroatoms. The number of rotatable bonds is 3. The first kappa shape index (κ1) is 14.9. The highest BCUT2D eigenvalue weighted by atomic mass is 79.9. The Morgan fingerprint density at radius 3 is 2.55 bits per heavy atom. The fourth-order valence-corrected chi connectivity index (χ4v) is 3.46. The van der Waals surface area contributed by atoms with E-state index in [1.54, 1.807) is 6.20 Å². The molecule has 0 spiro atoms. The Balaban J connectivity index is 2.21. The van der Waals surface area contributed by atoms with Crippen LogP contribution in [0.25, 0.3) is 10.9 Å². The van der Waals surface area contributed by atoms with Gasteiger partial charge in [0.2, 0.25) is 0 Å². The van der Waals surface area contributed by atoms with Crippen molar-refractivity contribution in [2.45, 2.75) is 19.3 Å². The first-order valence-electron chi connectivity index (χ1n) is 7.29. The molecule has 0 aliphatic heterocycles. The molecule has 0 aliphatic rings. The number of halogens is 1. The lowest BCUT2D eigenvalue weighted by atomic mass is 9.88. The zero-order chi connectivity index (χ0) is 15.7. The smallest absolute Gasteiger partial charge is 0.0740 e. The topological polar surface area (TPSA) is 64.9 Å². The van der Waals surface area contributed by atoms with Gasteiger partial charge in [-0.2, -0.15) is 0 Å². The zero-order valence-electron chi connectivity index (χ0n) is 12.4. The van der Waals surface area contributed by atoms with E-state index in [4.69, 9.17) is 11.5 Å². The predicted octanol–water partition coefficient (Wildman–Crippen LogP) is 4.70. The van der Waals surface area contributed by atoms with Crippen molar-refractivity contribution in [2.75, 3.05) is 11.5 Å². The summed E-state index contributed by atoms with van der Waals surface area (Å²) in [6.45, 7) is 2.19. The van der Waals surface area contributed by atoms with Crippen molar-refractivity contribution >= 4 is 38.2 Å². The molecule has 0 saturated carbocycles. The lowest BCUT2D eigenvalue weighted by Crippen LogP contribution is -2.03. The summed E-state index contributed by atoms with van der Waals surface area (Å²) < 4.78 is 1.05. The fourth-order valence-electron chi connectivity index (χ4n) is 2.85. The number of hydrogen-bond donors (Lipinski definition) is 2. The number of hydrogen-bond acceptors (Lipinski definition) is 3. The Kier molecular flexibility index (Phi) is 4.03. The quantitative estimate of drug-likeness (QED) is 0.715. The molecule has 0 radical (unpaired) electrons. The summed E-state index contributed by atoms with van der Waals surface area (Å²) >= 11 is 3.69. The summed E-state index contributed by atoms with van der Waals surface area (Å²) in [4.78, 5) is 4.37. The molecule has 112 valence electrons. The van der Waals surface area contributed by atoms with Gasteiger partial charge >= 0.3 is 0 Å². The molecule has 1 atom stereocenters. The summed E-state index contributed by atoms with van der Waals surface area (Å²) in [5.74, 6) is 0.306. The van der Waals surface area contributed by atoms with Crippen molar-refractivity contribution in [3.05, 3.63) is 64.3 Å². The van der Waals surface area contributed by atoms with Crippen molar-refractivity contribution < 1.29 is 0 Å². The van der Waals surface area contributed by atoms with Gasteiger partial charge in [0.25, 0.3) is 0 Å². The molecule has 0 aliphatic carbocycles. The summed E-state index contributed by atoms with van der Waals surface area (Å²) in [5.41, 5.74) is 16.5. The SMILES string of the molecule is CCC(c1ccccc1)c1cc2c(N)c(N)cnc2cc1Br. The Morgan fingerprint density at radius 2 is 1.86 bits per heavy atom. The highest BCUT2D eigenvalue weighted by Gasteiger charge is 2.17. The molecule has 0 saturated heterocycles. The number of nitrogen functional groups attached to an aromatic ring is 2. The van der Waals surface area contributed by atoms with E-state index in [1.165, 1.54) is 11.1 Å². The van der Waals surface area contributed by atoms with Crippen molar-refractivity contribution in [1.29, 1.82) is 0 Å². The number of nitrogens with two attached hydrogens (primary N) is 2. The molecule has 1 heterocycles. The molecule has 3 rings (SSSR count). The second kappa shape index (κ2) is 5.97. The van der Waals surface area contributed by atoms with Crippen molar-refractivity contribution in [2.24, 2.45) is 0 Å². The molecule has 0 bridgehead atoms. The highest BCUT2D eigenvalue weighted by molar-refractivity contribution is 9.10. The van der Waals surface area contributed by atoms with Gasteiger partial charge in [0.05, 0.1) is 23.1 Å². The molecule has 0 fully saturated rings. The number of nitrogens with zero attached hydrogens (tertiary/aromatic N) is 1. The van der Waals surface area contributed by atoms with Gasteiger partial charge in [-0.05, 0) is 29.7 Å². The standard InChI is InChI=1S/C18H18BrN3/c1-2-12(11-6-4-3-5-7-11)13-8-14-17(9-15(13)19)22-10-16(20)18(14)21/h3-10,12H,2,20H2,1H3,(H2,21,22). The summed E-state index contributed by atoms with van der Waals surface area (Å²) in [7, 11) is 0. The minimum Gasteiger partial charge on any atom is -0.396 e. The monoisotopic (exact) mass is 355 g/mol. The molecule has 3 aromatic rings. The maximum Gasteiger partial charge on any atom is 0.0740 e. The third kappa shape index (κ3) is 2.55. The third-order valence-electron chi connectivity index (χ3n) is 4.04. The molecule has 2 aromatic carbocycles. The minimum absolute atomic E-state index is 0.306. The van der Waals surface area contributed by atoms with E-state index in [1.807, 2.05) is 12.1 Å². The molecular weight excluding hydrogens is 338 g/mol. The van der Waals surface area contributed by atoms with Gasteiger partial charge in [0, 0.05) is 15.8 Å². The molecule has 1 aromatic heterocycles. The second-order valence-electron chi connectivity index (χ2n) is 5.39. The van der Waals surface area contributed by atoms with Crippen LogP contribution in [0.5, 0.6) is 0 Å². The molecule has 1 unspecified atom stereocenters. The summed E-state index contributed by atoms with van der Waals surface area (Å²) in [6.07, 6.45) is 2.61. The molecule has 0 amide bonds. The molecule has 3 nitrogen and oxygen atoms in total. The van der Waals surface area contributed by atoms with Gasteiger partial charge in [-0.1, -0.05) is 53.2 Å². The van der Waals surface area contributed by atoms with Crippen LogP contribution in [0, 0.1) is 0 Å². The number of fused-ring (bicyclic) bond motifs is 1. The molecular formula is C18H18BrN3. The third-order valence-corrected chi connectivity index (χ3v) is 4.73. The molecule has 4 N–H and O–H groups in total. The van der Waals surface area contributed by atoms with Gasteiger partial charge in [-0.25, -0.2) is 0 Å². The first-order valence-corrected chi connectivity index (χ1v) is 8.09. The van der Waals surface area contributed by atoms with Gasteiger partial charge in [0.15, 0.2) is 0 Å². The Bertz CT molecular complexity index is 815. The van der Waals surface area contributed by atoms with Crippen LogP contribution >= 0.6 is 15.9 Å². The lowest BCUT2D eigenvalue weighted by molar-refractivity contribution is 0.775. The fraction of sp³-hybridized carbons (Fsp3) is 0.167. The Morgan fingerprint density at radius 1 is 1.14 bits per heavy atom. The Hall–Kier alpha value is -2.07. The van der Waals surface area contributed by atoms with Crippen LogP contribution in [0.15, 0.2) is 53.1 Å². The predicted molar refractivity (Wildman–Crippen MR) is 96.8 cm³/mol. The highest BCUT2D eigenvalue weighted by Crippen LogP contribution is 2.37. The van der Waals surface area contributed by atoms with E-state index in [0.717, 1.165) is 21.8 Å². The van der Waals surface area contributed by atoms with E-state index < -0.39 is 0 Å². The van der Waals surface area contributed by atoms with Crippen molar-refractivity contribution in [1.82, 2.24) is 4.98 Å². The maximum atomic E-state index is 6.14. The minimum atomic E-state index is 0.306. The normalized spacial score (nSPS) is 12.5. The number of benzene rings is 2. The van der Waals surface area contributed by atoms with E-state index in [9.17, 15) is 0 Å². The van der Waals surface area contributed by atoms with Crippen molar-refractivity contribution in [3.8, 4) is 0 Å². The largest absolute Gasteiger partial charge is 0.396 e. The van der Waals surface area contributed by atoms with E-state index >= 15 is 0 Å². The van der Waals surface area contributed by atoms with Crippen LogP contribution in [-0.2, 0) is 0 Å². The average Bonchev–Trinajstić information content (AvgIpc) is 2.54. The maximum absolute atomic E-state index is 6.14. The first-order chi connectivity index (χ1) is 10.6. The Labute approximate surface area is 138 Å². The van der Waals surface area contributed by atoms with Crippen LogP contribution in [0.1, 0.15) is 30.4 Å². The zero-order valence-corrected chi connectivity index (χ0v) is 14.0. The van der Waals surface area contributed by atoms with Crippen LogP contribution in [0.4, 0.5) is 11.4 Å². The lowest BCUT2D eigenvalue weighted by Gasteiger charge is -2.19. The van der Waals surface area contributed by atoms with Gasteiger partial charge < -0.3 is 11.5 Å². The van der Waals surface area contributed by atoms with E-state index in [2.05, 4.69) is 58.2 Å². The van der Waals surface area contributed by atoms with Crippen molar-refractivity contribution in [3.63, 3.8) is 0 Å². The summed E-state index contributed by atoms with van der Waals surface area (Å²) in [6, 6.07) is 14.6. The number of anilines is 2. The second-order valence-corrected chi connectivity index (χ2v) is 6.24. The van der Waals surface area contributed by atoms with Crippen LogP contribution in [0.3, 0.4) is 0 Å².